The third-order valence-corrected chi connectivity index (χ3v) is 7.03. The number of carbonyl (C=O) groups is 1. The van der Waals surface area contributed by atoms with Gasteiger partial charge in [-0.15, -0.1) is 11.3 Å². The third kappa shape index (κ3) is 8.26. The first-order valence-corrected chi connectivity index (χ1v) is 12.4. The van der Waals surface area contributed by atoms with Crippen LogP contribution in [0.25, 0.3) is 0 Å². The normalized spacial score (nSPS) is 12.6. The van der Waals surface area contributed by atoms with Crippen molar-refractivity contribution in [3.8, 4) is 5.75 Å². The molecule has 188 valence electrons. The Balaban J connectivity index is 1.66. The summed E-state index contributed by atoms with van der Waals surface area (Å²) in [5.74, 6) is -0.123. The van der Waals surface area contributed by atoms with Gasteiger partial charge in [-0.25, -0.2) is 0 Å². The van der Waals surface area contributed by atoms with Gasteiger partial charge in [0.25, 0.3) is 0 Å². The largest absolute Gasteiger partial charge is 0.494 e. The fraction of sp³-hybridized carbons (Fsp3) is 0.346. The zero-order valence-corrected chi connectivity index (χ0v) is 20.8. The predicted molar refractivity (Wildman–Crippen MR) is 132 cm³/mol. The number of benzene rings is 2. The van der Waals surface area contributed by atoms with E-state index in [-0.39, 0.29) is 23.9 Å². The smallest absolute Gasteiger partial charge is 0.417 e. The van der Waals surface area contributed by atoms with E-state index in [4.69, 9.17) is 21.4 Å². The van der Waals surface area contributed by atoms with Crippen LogP contribution in [0.4, 0.5) is 13.2 Å². The molecule has 0 saturated heterocycles. The minimum absolute atomic E-state index is 0.0800. The lowest BCUT2D eigenvalue weighted by Crippen LogP contribution is -2.29. The average molecular weight is 526 g/mol. The van der Waals surface area contributed by atoms with Crippen molar-refractivity contribution in [1.82, 2.24) is 4.90 Å². The molecule has 35 heavy (non-hydrogen) atoms. The molecule has 4 nitrogen and oxygen atoms in total. The molecule has 3 rings (SSSR count). The summed E-state index contributed by atoms with van der Waals surface area (Å²) < 4.78 is 45.8. The van der Waals surface area contributed by atoms with Gasteiger partial charge in [-0.05, 0) is 47.2 Å². The number of carboxylic acid groups (broad SMARTS) is 1. The van der Waals surface area contributed by atoms with Crippen molar-refractivity contribution >= 4 is 28.9 Å². The Kier molecular flexibility index (Phi) is 9.60. The summed E-state index contributed by atoms with van der Waals surface area (Å²) in [6, 6.07) is 15.0. The molecule has 0 saturated carbocycles. The van der Waals surface area contributed by atoms with Gasteiger partial charge in [-0.3, -0.25) is 9.69 Å². The molecule has 1 atom stereocenters. The van der Waals surface area contributed by atoms with Crippen molar-refractivity contribution in [3.63, 3.8) is 0 Å². The standard InChI is InChI=1S/C26H27ClF3NO3S/c1-18(23-10-4-13-35-23)16-31(17-20-7-3-9-22(25(20)27)26(28,29)30)11-5-12-34-21-8-2-6-19(14-21)15-24(32)33/h2-4,6-10,13-14,18H,5,11-12,15-17H2,1H3,(H,32,33). The lowest BCUT2D eigenvalue weighted by Gasteiger charge is -2.26. The molecule has 0 aliphatic rings. The molecule has 0 aliphatic heterocycles. The van der Waals surface area contributed by atoms with E-state index in [1.165, 1.54) is 10.9 Å². The number of thiophene rings is 1. The highest BCUT2D eigenvalue weighted by Gasteiger charge is 2.34. The Hall–Kier alpha value is -2.55. The van der Waals surface area contributed by atoms with Crippen LogP contribution in [-0.4, -0.2) is 35.7 Å². The fourth-order valence-electron chi connectivity index (χ4n) is 3.84. The van der Waals surface area contributed by atoms with Crippen LogP contribution >= 0.6 is 22.9 Å². The number of halogens is 4. The molecule has 0 fully saturated rings. The summed E-state index contributed by atoms with van der Waals surface area (Å²) in [5, 5.41) is 10.7. The summed E-state index contributed by atoms with van der Waals surface area (Å²) >= 11 is 7.81. The van der Waals surface area contributed by atoms with E-state index < -0.39 is 17.7 Å². The maximum atomic E-state index is 13.3. The van der Waals surface area contributed by atoms with Crippen LogP contribution in [0, 0.1) is 0 Å². The van der Waals surface area contributed by atoms with Gasteiger partial charge in [0.2, 0.25) is 0 Å². The first kappa shape index (κ1) is 27.0. The van der Waals surface area contributed by atoms with Gasteiger partial charge in [0.15, 0.2) is 0 Å². The summed E-state index contributed by atoms with van der Waals surface area (Å²) in [5.41, 5.74) is 0.259. The lowest BCUT2D eigenvalue weighted by atomic mass is 10.1. The fourth-order valence-corrected chi connectivity index (χ4v) is 4.91. The van der Waals surface area contributed by atoms with Crippen molar-refractivity contribution in [1.29, 1.82) is 0 Å². The zero-order chi connectivity index (χ0) is 25.4. The van der Waals surface area contributed by atoms with Crippen LogP contribution < -0.4 is 4.74 Å². The Morgan fingerprint density at radius 2 is 1.94 bits per heavy atom. The number of nitrogens with zero attached hydrogens (tertiary/aromatic N) is 1. The van der Waals surface area contributed by atoms with Crippen molar-refractivity contribution in [2.24, 2.45) is 0 Å². The molecule has 1 heterocycles. The molecule has 0 amide bonds. The molecule has 1 N–H and O–H groups in total. The van der Waals surface area contributed by atoms with E-state index in [9.17, 15) is 18.0 Å². The van der Waals surface area contributed by atoms with Crippen LogP contribution in [0.3, 0.4) is 0 Å². The topological polar surface area (TPSA) is 49.8 Å². The number of alkyl halides is 3. The number of aliphatic carboxylic acids is 1. The zero-order valence-electron chi connectivity index (χ0n) is 19.2. The van der Waals surface area contributed by atoms with Gasteiger partial charge in [0.05, 0.1) is 23.6 Å². The quantitative estimate of drug-likeness (QED) is 0.256. The van der Waals surface area contributed by atoms with Crippen molar-refractivity contribution in [2.45, 2.75) is 38.4 Å². The van der Waals surface area contributed by atoms with Crippen molar-refractivity contribution < 1.29 is 27.8 Å². The van der Waals surface area contributed by atoms with Gasteiger partial charge < -0.3 is 9.84 Å². The molecule has 0 radical (unpaired) electrons. The summed E-state index contributed by atoms with van der Waals surface area (Å²) in [6.07, 6.45) is -3.95. The minimum atomic E-state index is -4.51. The molecule has 9 heteroatoms. The molecule has 0 spiro atoms. The molecule has 3 aromatic rings. The monoisotopic (exact) mass is 525 g/mol. The van der Waals surface area contributed by atoms with E-state index in [2.05, 4.69) is 17.9 Å². The van der Waals surface area contributed by atoms with Gasteiger partial charge >= 0.3 is 12.1 Å². The van der Waals surface area contributed by atoms with E-state index >= 15 is 0 Å². The second kappa shape index (κ2) is 12.4. The number of carboxylic acids is 1. The van der Waals surface area contributed by atoms with Crippen LogP contribution in [0.15, 0.2) is 60.0 Å². The molecular weight excluding hydrogens is 499 g/mol. The number of rotatable bonds is 12. The maximum Gasteiger partial charge on any atom is 0.417 e. The Labute approximate surface area is 211 Å². The molecule has 0 aliphatic carbocycles. The molecule has 0 bridgehead atoms. The average Bonchev–Trinajstić information content (AvgIpc) is 3.32. The Morgan fingerprint density at radius 3 is 2.63 bits per heavy atom. The molecule has 1 aromatic heterocycles. The second-order valence-electron chi connectivity index (χ2n) is 8.35. The highest BCUT2D eigenvalue weighted by Crippen LogP contribution is 2.36. The number of hydrogen-bond donors (Lipinski definition) is 1. The van der Waals surface area contributed by atoms with E-state index in [0.29, 0.717) is 43.0 Å². The minimum Gasteiger partial charge on any atom is -0.494 e. The van der Waals surface area contributed by atoms with Gasteiger partial charge in [0, 0.05) is 30.4 Å². The highest BCUT2D eigenvalue weighted by atomic mass is 35.5. The summed E-state index contributed by atoms with van der Waals surface area (Å²) in [6.45, 7) is 4.01. The van der Waals surface area contributed by atoms with Crippen molar-refractivity contribution in [3.05, 3.63) is 86.6 Å². The van der Waals surface area contributed by atoms with Crippen LogP contribution in [-0.2, 0) is 23.9 Å². The SMILES string of the molecule is CC(CN(CCCOc1cccc(CC(=O)O)c1)Cc1cccc(C(F)(F)F)c1Cl)c1cccs1. The Bertz CT molecular complexity index is 1110. The van der Waals surface area contributed by atoms with Crippen LogP contribution in [0.2, 0.25) is 5.02 Å². The number of ether oxygens (including phenoxy) is 1. The maximum absolute atomic E-state index is 13.3. The van der Waals surface area contributed by atoms with Crippen molar-refractivity contribution in [2.75, 3.05) is 19.7 Å². The Morgan fingerprint density at radius 1 is 1.17 bits per heavy atom. The van der Waals surface area contributed by atoms with Crippen LogP contribution in [0.5, 0.6) is 5.75 Å². The van der Waals surface area contributed by atoms with E-state index in [1.54, 1.807) is 41.7 Å². The molecule has 1 unspecified atom stereocenters. The second-order valence-corrected chi connectivity index (χ2v) is 9.71. The first-order chi connectivity index (χ1) is 16.6. The third-order valence-electron chi connectivity index (χ3n) is 5.48. The van der Waals surface area contributed by atoms with Gasteiger partial charge in [-0.2, -0.15) is 13.2 Å². The molecule has 2 aromatic carbocycles. The van der Waals surface area contributed by atoms with Gasteiger partial charge in [0.1, 0.15) is 5.75 Å². The van der Waals surface area contributed by atoms with E-state index in [0.717, 1.165) is 6.07 Å². The highest BCUT2D eigenvalue weighted by molar-refractivity contribution is 7.10. The number of hydrogen-bond acceptors (Lipinski definition) is 4. The molecular formula is C26H27ClF3NO3S. The summed E-state index contributed by atoms with van der Waals surface area (Å²) in [7, 11) is 0. The van der Waals surface area contributed by atoms with Gasteiger partial charge in [-0.1, -0.05) is 48.9 Å². The predicted octanol–water partition coefficient (Wildman–Crippen LogP) is 7.12. The lowest BCUT2D eigenvalue weighted by molar-refractivity contribution is -0.138. The first-order valence-electron chi connectivity index (χ1n) is 11.2. The summed E-state index contributed by atoms with van der Waals surface area (Å²) in [4.78, 5) is 14.2. The van der Waals surface area contributed by atoms with Crippen LogP contribution in [0.1, 0.15) is 40.8 Å². The van der Waals surface area contributed by atoms with E-state index in [1.807, 2.05) is 11.4 Å².